The summed E-state index contributed by atoms with van der Waals surface area (Å²) < 4.78 is 0. The molecule has 4 heteroatoms. The van der Waals surface area contributed by atoms with Crippen LogP contribution >= 0.6 is 0 Å². The second-order valence-electron chi connectivity index (χ2n) is 9.13. The molecular weight excluding hydrogens is 408 g/mol. The number of carbonyl (C=O) groups excluding carboxylic acids is 2. The first kappa shape index (κ1) is 26.6. The predicted molar refractivity (Wildman–Crippen MR) is 137 cm³/mol. The van der Waals surface area contributed by atoms with Crippen LogP contribution in [0.15, 0.2) is 48.5 Å². The third kappa shape index (κ3) is 6.69. The summed E-state index contributed by atoms with van der Waals surface area (Å²) >= 11 is 0. The van der Waals surface area contributed by atoms with Gasteiger partial charge in [-0.1, -0.05) is 83.1 Å². The summed E-state index contributed by atoms with van der Waals surface area (Å²) in [5.41, 5.74) is 5.40. The average molecular weight is 451 g/mol. The van der Waals surface area contributed by atoms with Crippen molar-refractivity contribution in [2.24, 2.45) is 5.92 Å². The standard InChI is InChI=1S/C15H21NO.C12H15NO.C2H6/c1-4-15(17)16-10-13-8-6-5-7-12(13)9-14(16)11(2)3;1-9-7-11-5-3-4-6-12(11)8-13(9)10(2)14;1-2/h5-8,11,14H,4,9-10H2,1-3H3;3-6,9H,7-8H2,1-2H3;1-2H3. The highest BCUT2D eigenvalue weighted by molar-refractivity contribution is 5.76. The summed E-state index contributed by atoms with van der Waals surface area (Å²) in [6.45, 7) is 15.7. The number of rotatable bonds is 2. The summed E-state index contributed by atoms with van der Waals surface area (Å²) in [5.74, 6) is 0.962. The minimum Gasteiger partial charge on any atom is -0.336 e. The molecular formula is C29H42N2O2. The van der Waals surface area contributed by atoms with E-state index in [1.54, 1.807) is 6.92 Å². The zero-order valence-electron chi connectivity index (χ0n) is 21.6. The van der Waals surface area contributed by atoms with Gasteiger partial charge in [0.05, 0.1) is 0 Å². The number of nitrogens with zero attached hydrogens (tertiary/aromatic N) is 2. The van der Waals surface area contributed by atoms with Gasteiger partial charge in [0, 0.05) is 38.5 Å². The van der Waals surface area contributed by atoms with Crippen molar-refractivity contribution in [2.45, 2.75) is 92.9 Å². The molecule has 2 amide bonds. The Balaban J connectivity index is 0.000000221. The molecule has 180 valence electrons. The number of amides is 2. The summed E-state index contributed by atoms with van der Waals surface area (Å²) in [5, 5.41) is 0. The first-order valence-electron chi connectivity index (χ1n) is 12.5. The van der Waals surface area contributed by atoms with Gasteiger partial charge in [-0.05, 0) is 47.9 Å². The molecule has 0 saturated carbocycles. The number of hydrogen-bond donors (Lipinski definition) is 0. The van der Waals surface area contributed by atoms with Crippen LogP contribution in [0.2, 0.25) is 0 Å². The molecule has 2 aromatic rings. The molecule has 33 heavy (non-hydrogen) atoms. The van der Waals surface area contributed by atoms with Crippen LogP contribution in [0.3, 0.4) is 0 Å². The Bertz CT molecular complexity index is 921. The summed E-state index contributed by atoms with van der Waals surface area (Å²) in [7, 11) is 0. The monoisotopic (exact) mass is 450 g/mol. The maximum absolute atomic E-state index is 12.0. The lowest BCUT2D eigenvalue weighted by Crippen LogP contribution is -2.46. The van der Waals surface area contributed by atoms with Crippen molar-refractivity contribution in [2.75, 3.05) is 0 Å². The SMILES string of the molecule is CC.CC(=O)N1Cc2ccccc2CC1C.CCC(=O)N1Cc2ccccc2CC1C(C)C. The molecule has 0 bridgehead atoms. The highest BCUT2D eigenvalue weighted by Crippen LogP contribution is 2.27. The Labute approximate surface area is 201 Å². The van der Waals surface area contributed by atoms with Crippen LogP contribution < -0.4 is 0 Å². The second kappa shape index (κ2) is 12.6. The fourth-order valence-corrected chi connectivity index (χ4v) is 4.72. The Morgan fingerprint density at radius 2 is 1.30 bits per heavy atom. The number of carbonyl (C=O) groups is 2. The number of fused-ring (bicyclic) bond motifs is 2. The van der Waals surface area contributed by atoms with Crippen LogP contribution in [0, 0.1) is 5.92 Å². The molecule has 0 spiro atoms. The van der Waals surface area contributed by atoms with Gasteiger partial charge in [0.25, 0.3) is 0 Å². The highest BCUT2D eigenvalue weighted by Gasteiger charge is 2.30. The van der Waals surface area contributed by atoms with Crippen molar-refractivity contribution < 1.29 is 9.59 Å². The number of hydrogen-bond acceptors (Lipinski definition) is 2. The minimum atomic E-state index is 0.173. The van der Waals surface area contributed by atoms with Gasteiger partial charge in [-0.3, -0.25) is 9.59 Å². The lowest BCUT2D eigenvalue weighted by Gasteiger charge is -2.39. The molecule has 4 rings (SSSR count). The van der Waals surface area contributed by atoms with Crippen LogP contribution in [0.4, 0.5) is 0 Å². The van der Waals surface area contributed by atoms with E-state index in [0.717, 1.165) is 25.9 Å². The maximum atomic E-state index is 12.0. The smallest absolute Gasteiger partial charge is 0.222 e. The van der Waals surface area contributed by atoms with E-state index in [9.17, 15) is 9.59 Å². The lowest BCUT2D eigenvalue weighted by atomic mass is 9.88. The molecule has 0 radical (unpaired) electrons. The number of benzene rings is 2. The predicted octanol–water partition coefficient (Wildman–Crippen LogP) is 6.01. The van der Waals surface area contributed by atoms with Gasteiger partial charge in [0.1, 0.15) is 0 Å². The van der Waals surface area contributed by atoms with Crippen molar-refractivity contribution in [1.82, 2.24) is 9.80 Å². The summed E-state index contributed by atoms with van der Waals surface area (Å²) in [6.07, 6.45) is 2.58. The largest absolute Gasteiger partial charge is 0.336 e. The van der Waals surface area contributed by atoms with Crippen LogP contribution in [0.1, 0.15) is 77.1 Å². The van der Waals surface area contributed by atoms with E-state index < -0.39 is 0 Å². The van der Waals surface area contributed by atoms with Crippen LogP contribution in [-0.2, 0) is 35.5 Å². The van der Waals surface area contributed by atoms with E-state index in [2.05, 4.69) is 68.1 Å². The van der Waals surface area contributed by atoms with E-state index in [4.69, 9.17) is 0 Å². The van der Waals surface area contributed by atoms with Crippen molar-refractivity contribution in [3.05, 3.63) is 70.8 Å². The van der Waals surface area contributed by atoms with Crippen LogP contribution in [-0.4, -0.2) is 33.7 Å². The molecule has 2 atom stereocenters. The molecule has 0 aromatic heterocycles. The molecule has 2 aliphatic rings. The Hall–Kier alpha value is -2.62. The van der Waals surface area contributed by atoms with Crippen molar-refractivity contribution >= 4 is 11.8 Å². The van der Waals surface area contributed by atoms with Crippen LogP contribution in [0.5, 0.6) is 0 Å². The van der Waals surface area contributed by atoms with Crippen LogP contribution in [0.25, 0.3) is 0 Å². The van der Waals surface area contributed by atoms with Gasteiger partial charge in [-0.15, -0.1) is 0 Å². The molecule has 0 aliphatic carbocycles. The fourth-order valence-electron chi connectivity index (χ4n) is 4.72. The van der Waals surface area contributed by atoms with Gasteiger partial charge < -0.3 is 9.80 Å². The van der Waals surface area contributed by atoms with Crippen molar-refractivity contribution in [1.29, 1.82) is 0 Å². The molecule has 2 aromatic carbocycles. The third-order valence-corrected chi connectivity index (χ3v) is 6.59. The van der Waals surface area contributed by atoms with E-state index >= 15 is 0 Å². The highest BCUT2D eigenvalue weighted by atomic mass is 16.2. The molecule has 2 aliphatic heterocycles. The second-order valence-corrected chi connectivity index (χ2v) is 9.13. The quantitative estimate of drug-likeness (QED) is 0.562. The van der Waals surface area contributed by atoms with Gasteiger partial charge in [0.2, 0.25) is 11.8 Å². The first-order valence-corrected chi connectivity index (χ1v) is 12.5. The van der Waals surface area contributed by atoms with E-state index in [1.165, 1.54) is 22.3 Å². The lowest BCUT2D eigenvalue weighted by molar-refractivity contribution is -0.135. The molecule has 0 saturated heterocycles. The summed E-state index contributed by atoms with van der Waals surface area (Å²) in [6, 6.07) is 17.5. The topological polar surface area (TPSA) is 40.6 Å². The zero-order chi connectivity index (χ0) is 24.5. The normalized spacial score (nSPS) is 18.8. The van der Waals surface area contributed by atoms with Gasteiger partial charge >= 0.3 is 0 Å². The fraction of sp³-hybridized carbons (Fsp3) is 0.517. The molecule has 2 heterocycles. The Morgan fingerprint density at radius 3 is 1.76 bits per heavy atom. The van der Waals surface area contributed by atoms with Crippen molar-refractivity contribution in [3.63, 3.8) is 0 Å². The third-order valence-electron chi connectivity index (χ3n) is 6.59. The van der Waals surface area contributed by atoms with Gasteiger partial charge in [0.15, 0.2) is 0 Å². The average Bonchev–Trinajstić information content (AvgIpc) is 2.83. The van der Waals surface area contributed by atoms with E-state index in [1.807, 2.05) is 31.7 Å². The van der Waals surface area contributed by atoms with Crippen molar-refractivity contribution in [3.8, 4) is 0 Å². The first-order chi connectivity index (χ1) is 15.8. The van der Waals surface area contributed by atoms with Gasteiger partial charge in [-0.25, -0.2) is 0 Å². The van der Waals surface area contributed by atoms with E-state index in [-0.39, 0.29) is 11.8 Å². The Morgan fingerprint density at radius 1 is 0.848 bits per heavy atom. The molecule has 2 unspecified atom stereocenters. The zero-order valence-corrected chi connectivity index (χ0v) is 21.6. The molecule has 0 N–H and O–H groups in total. The van der Waals surface area contributed by atoms with E-state index in [0.29, 0.717) is 24.4 Å². The van der Waals surface area contributed by atoms with Gasteiger partial charge in [-0.2, -0.15) is 0 Å². The molecule has 4 nitrogen and oxygen atoms in total. The minimum absolute atomic E-state index is 0.173. The Kier molecular flexibility index (Phi) is 10.1. The summed E-state index contributed by atoms with van der Waals surface area (Å²) in [4.78, 5) is 27.4. The molecule has 0 fully saturated rings. The maximum Gasteiger partial charge on any atom is 0.222 e.